The van der Waals surface area contributed by atoms with Crippen molar-refractivity contribution < 1.29 is 17.7 Å². The van der Waals surface area contributed by atoms with Crippen LogP contribution in [0.3, 0.4) is 0 Å². The van der Waals surface area contributed by atoms with Crippen molar-refractivity contribution in [1.82, 2.24) is 5.16 Å². The summed E-state index contributed by atoms with van der Waals surface area (Å²) in [6.45, 7) is 1.34. The van der Waals surface area contributed by atoms with E-state index in [1.54, 1.807) is 6.07 Å². The van der Waals surface area contributed by atoms with E-state index in [0.717, 1.165) is 11.3 Å². The number of sulfonamides is 1. The zero-order chi connectivity index (χ0) is 13.3. The molecule has 2 rings (SSSR count). The summed E-state index contributed by atoms with van der Waals surface area (Å²) >= 11 is 0.977. The van der Waals surface area contributed by atoms with Gasteiger partial charge in [0.2, 0.25) is 21.8 Å². The minimum Gasteiger partial charge on any atom is -0.338 e. The van der Waals surface area contributed by atoms with Gasteiger partial charge in [0.25, 0.3) is 0 Å². The number of anilines is 1. The van der Waals surface area contributed by atoms with E-state index in [0.29, 0.717) is 10.6 Å². The van der Waals surface area contributed by atoms with Crippen molar-refractivity contribution in [3.63, 3.8) is 0 Å². The van der Waals surface area contributed by atoms with Crippen LogP contribution in [0.4, 0.5) is 5.88 Å². The van der Waals surface area contributed by atoms with Gasteiger partial charge in [-0.1, -0.05) is 5.16 Å². The Morgan fingerprint density at radius 1 is 1.50 bits per heavy atom. The van der Waals surface area contributed by atoms with E-state index >= 15 is 0 Å². The molecule has 2 aromatic heterocycles. The number of hydrogen-bond acceptors (Lipinski definition) is 6. The lowest BCUT2D eigenvalue weighted by atomic mass is 10.3. The second-order valence-corrected chi connectivity index (χ2v) is 6.29. The van der Waals surface area contributed by atoms with E-state index in [2.05, 4.69) is 10.5 Å². The number of amides is 1. The van der Waals surface area contributed by atoms with Crippen molar-refractivity contribution in [2.24, 2.45) is 5.14 Å². The minimum atomic E-state index is -3.71. The number of carbonyl (C=O) groups is 1. The lowest BCUT2D eigenvalue weighted by Gasteiger charge is -1.90. The van der Waals surface area contributed by atoms with Crippen LogP contribution in [0.2, 0.25) is 0 Å². The smallest absolute Gasteiger partial charge is 0.247 e. The fraction of sp³-hybridized carbons (Fsp3) is 0.111. The van der Waals surface area contributed by atoms with Crippen LogP contribution in [0, 0.1) is 0 Å². The Kier molecular flexibility index (Phi) is 3.20. The van der Waals surface area contributed by atoms with E-state index in [4.69, 9.17) is 9.66 Å². The Morgan fingerprint density at radius 2 is 2.22 bits per heavy atom. The highest BCUT2D eigenvalue weighted by atomic mass is 32.2. The summed E-state index contributed by atoms with van der Waals surface area (Å²) in [5.41, 5.74) is 0.429. The van der Waals surface area contributed by atoms with Crippen molar-refractivity contribution in [3.8, 4) is 10.6 Å². The zero-order valence-electron chi connectivity index (χ0n) is 9.21. The highest BCUT2D eigenvalue weighted by Crippen LogP contribution is 2.30. The molecule has 0 aliphatic rings. The van der Waals surface area contributed by atoms with Gasteiger partial charge in [0.15, 0.2) is 0 Å². The van der Waals surface area contributed by atoms with Crippen LogP contribution in [-0.4, -0.2) is 19.5 Å². The second kappa shape index (κ2) is 4.52. The largest absolute Gasteiger partial charge is 0.338 e. The number of thiophene rings is 1. The van der Waals surface area contributed by atoms with Gasteiger partial charge in [-0.3, -0.25) is 10.1 Å². The third-order valence-electron chi connectivity index (χ3n) is 1.92. The Balaban J connectivity index is 2.29. The van der Waals surface area contributed by atoms with Crippen LogP contribution >= 0.6 is 11.3 Å². The van der Waals surface area contributed by atoms with Crippen LogP contribution in [0.5, 0.6) is 0 Å². The van der Waals surface area contributed by atoms with Crippen LogP contribution in [0.1, 0.15) is 6.92 Å². The topological polar surface area (TPSA) is 115 Å². The lowest BCUT2D eigenvalue weighted by molar-refractivity contribution is -0.114. The first-order chi connectivity index (χ1) is 8.36. The standard InChI is InChI=1S/C9H9N3O4S2/c1-5(13)11-8-4-6(12-16-8)7-2-3-9(17-7)18(10,14)15/h2-4H,1H3,(H,11,13)(H2,10,14,15). The highest BCUT2D eigenvalue weighted by Gasteiger charge is 2.15. The van der Waals surface area contributed by atoms with Crippen LogP contribution in [0.15, 0.2) is 26.9 Å². The summed E-state index contributed by atoms with van der Waals surface area (Å²) in [6.07, 6.45) is 0. The van der Waals surface area contributed by atoms with Gasteiger partial charge in [0, 0.05) is 13.0 Å². The van der Waals surface area contributed by atoms with Crippen molar-refractivity contribution >= 4 is 33.2 Å². The molecule has 0 fully saturated rings. The Hall–Kier alpha value is -1.71. The minimum absolute atomic E-state index is 0.0431. The molecule has 0 aliphatic heterocycles. The molecule has 0 unspecified atom stereocenters. The van der Waals surface area contributed by atoms with E-state index < -0.39 is 10.0 Å². The molecule has 0 saturated heterocycles. The van der Waals surface area contributed by atoms with Gasteiger partial charge < -0.3 is 4.52 Å². The number of nitrogens with two attached hydrogens (primary N) is 1. The summed E-state index contributed by atoms with van der Waals surface area (Å²) in [5, 5.41) is 11.1. The molecule has 3 N–H and O–H groups in total. The third kappa shape index (κ3) is 2.75. The highest BCUT2D eigenvalue weighted by molar-refractivity contribution is 7.91. The summed E-state index contributed by atoms with van der Waals surface area (Å²) in [4.78, 5) is 11.4. The molecule has 0 atom stereocenters. The molecule has 18 heavy (non-hydrogen) atoms. The van der Waals surface area contributed by atoms with Gasteiger partial charge in [0.05, 0.1) is 4.88 Å². The molecule has 2 heterocycles. The molecule has 0 saturated carbocycles. The van der Waals surface area contributed by atoms with Crippen molar-refractivity contribution in [2.45, 2.75) is 11.1 Å². The van der Waals surface area contributed by atoms with Gasteiger partial charge >= 0.3 is 0 Å². The molecule has 9 heteroatoms. The summed E-state index contributed by atoms with van der Waals surface area (Å²) in [7, 11) is -3.71. The maximum Gasteiger partial charge on any atom is 0.247 e. The normalized spacial score (nSPS) is 11.4. The van der Waals surface area contributed by atoms with Gasteiger partial charge in [-0.15, -0.1) is 11.3 Å². The van der Waals surface area contributed by atoms with Gasteiger partial charge in [0.1, 0.15) is 9.90 Å². The number of primary sulfonamides is 1. The van der Waals surface area contributed by atoms with E-state index in [-0.39, 0.29) is 16.0 Å². The molecule has 0 spiro atoms. The fourth-order valence-electron chi connectivity index (χ4n) is 1.23. The monoisotopic (exact) mass is 287 g/mol. The summed E-state index contributed by atoms with van der Waals surface area (Å²) in [6, 6.07) is 4.46. The van der Waals surface area contributed by atoms with Crippen molar-refractivity contribution in [3.05, 3.63) is 18.2 Å². The molecular formula is C9H9N3O4S2. The Labute approximate surface area is 107 Å². The van der Waals surface area contributed by atoms with E-state index in [9.17, 15) is 13.2 Å². The molecule has 2 aromatic rings. The number of hydrogen-bond donors (Lipinski definition) is 2. The van der Waals surface area contributed by atoms with Crippen molar-refractivity contribution in [1.29, 1.82) is 0 Å². The first kappa shape index (κ1) is 12.7. The number of nitrogens with zero attached hydrogens (tertiary/aromatic N) is 1. The first-order valence-corrected chi connectivity index (χ1v) is 7.10. The predicted octanol–water partition coefficient (Wildman–Crippen LogP) is 1.01. The van der Waals surface area contributed by atoms with Crippen LogP contribution < -0.4 is 10.5 Å². The molecule has 0 radical (unpaired) electrons. The zero-order valence-corrected chi connectivity index (χ0v) is 10.8. The quantitative estimate of drug-likeness (QED) is 0.874. The Bertz CT molecular complexity index is 686. The maximum atomic E-state index is 11.1. The molecule has 1 amide bonds. The number of carbonyl (C=O) groups excluding carboxylic acids is 1. The summed E-state index contributed by atoms with van der Waals surface area (Å²) < 4.78 is 27.1. The summed E-state index contributed by atoms with van der Waals surface area (Å²) in [5.74, 6) is -0.0860. The maximum absolute atomic E-state index is 11.1. The van der Waals surface area contributed by atoms with E-state index in [1.807, 2.05) is 0 Å². The molecule has 0 aromatic carbocycles. The molecule has 0 bridgehead atoms. The fourth-order valence-corrected chi connectivity index (χ4v) is 2.92. The lowest BCUT2D eigenvalue weighted by Crippen LogP contribution is -2.09. The van der Waals surface area contributed by atoms with Crippen molar-refractivity contribution in [2.75, 3.05) is 5.32 Å². The average molecular weight is 287 g/mol. The average Bonchev–Trinajstić information content (AvgIpc) is 2.81. The molecular weight excluding hydrogens is 278 g/mol. The van der Waals surface area contributed by atoms with Gasteiger partial charge in [-0.2, -0.15) is 0 Å². The molecule has 96 valence electrons. The van der Waals surface area contributed by atoms with Gasteiger partial charge in [-0.25, -0.2) is 13.6 Å². The number of rotatable bonds is 3. The number of nitrogens with one attached hydrogen (secondary N) is 1. The first-order valence-electron chi connectivity index (χ1n) is 4.73. The molecule has 7 nitrogen and oxygen atoms in total. The Morgan fingerprint density at radius 3 is 2.78 bits per heavy atom. The SMILES string of the molecule is CC(=O)Nc1cc(-c2ccc(S(N)(=O)=O)s2)no1. The molecule has 0 aliphatic carbocycles. The number of aromatic nitrogens is 1. The second-order valence-electron chi connectivity index (χ2n) is 3.42. The van der Waals surface area contributed by atoms with E-state index in [1.165, 1.54) is 19.1 Å². The van der Waals surface area contributed by atoms with Crippen LogP contribution in [-0.2, 0) is 14.8 Å². The van der Waals surface area contributed by atoms with Crippen LogP contribution in [0.25, 0.3) is 10.6 Å². The van der Waals surface area contributed by atoms with Gasteiger partial charge in [-0.05, 0) is 12.1 Å². The third-order valence-corrected chi connectivity index (χ3v) is 4.47. The predicted molar refractivity (Wildman–Crippen MR) is 65.5 cm³/mol.